The summed E-state index contributed by atoms with van der Waals surface area (Å²) in [7, 11) is 0.771. The number of methoxy groups -OCH3 is 1. The Labute approximate surface area is 118 Å². The van der Waals surface area contributed by atoms with Gasteiger partial charge in [-0.1, -0.05) is 0 Å². The molecule has 0 unspecified atom stereocenters. The van der Waals surface area contributed by atoms with E-state index in [4.69, 9.17) is 11.6 Å². The van der Waals surface area contributed by atoms with Crippen LogP contribution in [0.5, 0.6) is 5.88 Å². The monoisotopic (exact) mass is 337 g/mol. The molecule has 1 heterocycles. The van der Waals surface area contributed by atoms with Crippen LogP contribution < -0.4 is 4.74 Å². The van der Waals surface area contributed by atoms with Crippen molar-refractivity contribution < 1.29 is 40.6 Å². The van der Waals surface area contributed by atoms with Crippen LogP contribution in [0, 0.1) is 0 Å². The summed E-state index contributed by atoms with van der Waals surface area (Å²) in [6, 6.07) is 0.588. The average molecular weight is 338 g/mol. The van der Waals surface area contributed by atoms with Crippen molar-refractivity contribution in [1.29, 1.82) is 0 Å². The maximum absolute atomic E-state index is 12.9. The van der Waals surface area contributed by atoms with Gasteiger partial charge >= 0.3 is 18.5 Å². The van der Waals surface area contributed by atoms with Gasteiger partial charge in [0.15, 0.2) is 0 Å². The fraction of sp³-hybridized carbons (Fsp3) is 0.400. The van der Waals surface area contributed by atoms with Crippen molar-refractivity contribution >= 4 is 17.6 Å². The Hall–Kier alpha value is -1.71. The fourth-order valence-corrected chi connectivity index (χ4v) is 1.51. The Morgan fingerprint density at radius 3 is 2.24 bits per heavy atom. The van der Waals surface area contributed by atoms with E-state index in [1.165, 1.54) is 0 Å². The van der Waals surface area contributed by atoms with Crippen LogP contribution >= 0.6 is 11.6 Å². The third kappa shape index (κ3) is 4.38. The van der Waals surface area contributed by atoms with Crippen LogP contribution in [0.2, 0.25) is 0 Å². The molecule has 21 heavy (non-hydrogen) atoms. The largest absolute Gasteiger partial charge is 0.574 e. The first kappa shape index (κ1) is 17.3. The second kappa shape index (κ2) is 5.96. The molecule has 0 aromatic carbocycles. The lowest BCUT2D eigenvalue weighted by molar-refractivity contribution is -0.278. The van der Waals surface area contributed by atoms with Gasteiger partial charge in [0, 0.05) is 0 Å². The van der Waals surface area contributed by atoms with E-state index in [0.29, 0.717) is 6.07 Å². The van der Waals surface area contributed by atoms with Crippen molar-refractivity contribution in [3.8, 4) is 5.88 Å². The van der Waals surface area contributed by atoms with Gasteiger partial charge in [-0.3, -0.25) is 0 Å². The second-order valence-corrected chi connectivity index (χ2v) is 3.78. The van der Waals surface area contributed by atoms with Gasteiger partial charge in [0.05, 0.1) is 24.2 Å². The highest BCUT2D eigenvalue weighted by atomic mass is 35.5. The summed E-state index contributed by atoms with van der Waals surface area (Å²) in [6.07, 6.45) is -10.7. The topological polar surface area (TPSA) is 48.4 Å². The van der Waals surface area contributed by atoms with Gasteiger partial charge in [-0.05, 0) is 6.07 Å². The van der Waals surface area contributed by atoms with Crippen LogP contribution in [0.4, 0.5) is 26.3 Å². The summed E-state index contributed by atoms with van der Waals surface area (Å²) in [5.41, 5.74) is -3.57. The zero-order valence-electron chi connectivity index (χ0n) is 10.1. The molecule has 0 saturated carbocycles. The quantitative estimate of drug-likeness (QED) is 0.481. The predicted octanol–water partition coefficient (Wildman–Crippen LogP) is 3.52. The van der Waals surface area contributed by atoms with E-state index in [9.17, 15) is 31.1 Å². The van der Waals surface area contributed by atoms with Crippen molar-refractivity contribution in [2.24, 2.45) is 0 Å². The Morgan fingerprint density at radius 1 is 1.29 bits per heavy atom. The third-order valence-corrected chi connectivity index (χ3v) is 2.35. The highest BCUT2D eigenvalue weighted by molar-refractivity contribution is 6.17. The van der Waals surface area contributed by atoms with Crippen molar-refractivity contribution in [2.45, 2.75) is 18.4 Å². The van der Waals surface area contributed by atoms with Crippen molar-refractivity contribution in [1.82, 2.24) is 4.98 Å². The van der Waals surface area contributed by atoms with Gasteiger partial charge in [0.25, 0.3) is 0 Å². The highest BCUT2D eigenvalue weighted by Crippen LogP contribution is 2.40. The maximum Gasteiger partial charge on any atom is 0.574 e. The van der Waals surface area contributed by atoms with Crippen molar-refractivity contribution in [3.63, 3.8) is 0 Å². The molecule has 0 aliphatic carbocycles. The minimum atomic E-state index is -5.43. The van der Waals surface area contributed by atoms with E-state index in [-0.39, 0.29) is 0 Å². The zero-order valence-corrected chi connectivity index (χ0v) is 10.9. The van der Waals surface area contributed by atoms with Gasteiger partial charge in [-0.15, -0.1) is 24.8 Å². The summed E-state index contributed by atoms with van der Waals surface area (Å²) in [5, 5.41) is 0. The number of carbonyl (C=O) groups excluding carboxylic acids is 1. The number of carbonyl (C=O) groups is 1. The molecule has 4 nitrogen and oxygen atoms in total. The van der Waals surface area contributed by atoms with E-state index in [1.54, 1.807) is 0 Å². The van der Waals surface area contributed by atoms with E-state index >= 15 is 0 Å². The van der Waals surface area contributed by atoms with Crippen LogP contribution in [0.25, 0.3) is 0 Å². The number of ether oxygens (including phenoxy) is 2. The van der Waals surface area contributed by atoms with E-state index < -0.39 is 47.1 Å². The lowest BCUT2D eigenvalue weighted by Gasteiger charge is -2.17. The normalized spacial score (nSPS) is 12.2. The SMILES string of the molecule is COC(=O)c1cc(CCl)nc(OC(F)(F)F)c1C(F)(F)F. The Morgan fingerprint density at radius 2 is 1.86 bits per heavy atom. The first-order chi connectivity index (χ1) is 9.49. The third-order valence-electron chi connectivity index (χ3n) is 2.08. The number of halogens is 7. The molecule has 0 N–H and O–H groups in total. The summed E-state index contributed by atoms with van der Waals surface area (Å²) >= 11 is 5.32. The molecule has 1 aromatic rings. The molecule has 0 atom stereocenters. The van der Waals surface area contributed by atoms with Crippen molar-refractivity contribution in [3.05, 3.63) is 22.9 Å². The molecule has 0 radical (unpaired) electrons. The molecule has 1 rings (SSSR count). The summed E-state index contributed by atoms with van der Waals surface area (Å²) in [5.74, 6) is -3.84. The molecular formula is C10H6ClF6NO3. The summed E-state index contributed by atoms with van der Waals surface area (Å²) in [6.45, 7) is 0. The van der Waals surface area contributed by atoms with E-state index in [1.807, 2.05) is 0 Å². The Kier molecular flexibility index (Phi) is 4.92. The summed E-state index contributed by atoms with van der Waals surface area (Å²) < 4.78 is 82.6. The van der Waals surface area contributed by atoms with Crippen LogP contribution in [-0.2, 0) is 16.8 Å². The molecular weight excluding hydrogens is 332 g/mol. The molecule has 0 fully saturated rings. The number of alkyl halides is 7. The number of pyridine rings is 1. The molecule has 0 spiro atoms. The molecule has 11 heteroatoms. The van der Waals surface area contributed by atoms with E-state index in [0.717, 1.165) is 7.11 Å². The Balaban J connectivity index is 3.62. The van der Waals surface area contributed by atoms with Gasteiger partial charge in [-0.2, -0.15) is 13.2 Å². The van der Waals surface area contributed by atoms with Gasteiger partial charge in [0.2, 0.25) is 5.88 Å². The highest BCUT2D eigenvalue weighted by Gasteiger charge is 2.44. The zero-order chi connectivity index (χ0) is 16.4. The van der Waals surface area contributed by atoms with Gasteiger partial charge in [-0.25, -0.2) is 9.78 Å². The molecule has 0 saturated heterocycles. The maximum atomic E-state index is 12.9. The minimum absolute atomic E-state index is 0.413. The standard InChI is InChI=1S/C10H6ClF6NO3/c1-20-8(19)5-2-4(3-11)18-7(21-10(15,16)17)6(5)9(12,13)14/h2H,3H2,1H3. The van der Waals surface area contributed by atoms with Gasteiger partial charge < -0.3 is 9.47 Å². The van der Waals surface area contributed by atoms with Crippen molar-refractivity contribution in [2.75, 3.05) is 7.11 Å². The molecule has 1 aromatic heterocycles. The smallest absolute Gasteiger partial charge is 0.465 e. The Bertz CT molecular complexity index is 543. The lowest BCUT2D eigenvalue weighted by Crippen LogP contribution is -2.24. The molecule has 0 aliphatic rings. The summed E-state index contributed by atoms with van der Waals surface area (Å²) in [4.78, 5) is 14.4. The van der Waals surface area contributed by atoms with Crippen LogP contribution in [-0.4, -0.2) is 24.4 Å². The first-order valence-electron chi connectivity index (χ1n) is 5.00. The number of esters is 1. The lowest BCUT2D eigenvalue weighted by atomic mass is 10.1. The van der Waals surface area contributed by atoms with Crippen LogP contribution in [0.3, 0.4) is 0 Å². The second-order valence-electron chi connectivity index (χ2n) is 3.51. The number of nitrogens with zero attached hydrogens (tertiary/aromatic N) is 1. The van der Waals surface area contributed by atoms with Crippen LogP contribution in [0.1, 0.15) is 21.6 Å². The predicted molar refractivity (Wildman–Crippen MR) is 56.8 cm³/mol. The first-order valence-corrected chi connectivity index (χ1v) is 5.54. The number of rotatable bonds is 3. The van der Waals surface area contributed by atoms with E-state index in [2.05, 4.69) is 14.5 Å². The van der Waals surface area contributed by atoms with Gasteiger partial charge in [0.1, 0.15) is 5.56 Å². The molecule has 0 aliphatic heterocycles. The number of aromatic nitrogens is 1. The number of hydrogen-bond donors (Lipinski definition) is 0. The van der Waals surface area contributed by atoms with Crippen LogP contribution in [0.15, 0.2) is 6.07 Å². The molecule has 0 bridgehead atoms. The minimum Gasteiger partial charge on any atom is -0.465 e. The average Bonchev–Trinajstić information content (AvgIpc) is 2.33. The molecule has 0 amide bonds. The molecule has 118 valence electrons. The fourth-order valence-electron chi connectivity index (χ4n) is 1.37. The number of hydrogen-bond acceptors (Lipinski definition) is 4.